The highest BCUT2D eigenvalue weighted by atomic mass is 35.5. The normalized spacial score (nSPS) is 11.7. The van der Waals surface area contributed by atoms with Crippen LogP contribution in [-0.2, 0) is 12.8 Å². The summed E-state index contributed by atoms with van der Waals surface area (Å²) in [4.78, 5) is 30.1. The van der Waals surface area contributed by atoms with E-state index in [-0.39, 0.29) is 17.3 Å². The van der Waals surface area contributed by atoms with Crippen molar-refractivity contribution in [1.82, 2.24) is 15.5 Å². The van der Waals surface area contributed by atoms with Crippen molar-refractivity contribution in [3.05, 3.63) is 111 Å². The number of ketones is 1. The lowest BCUT2D eigenvalue weighted by atomic mass is 10.0. The zero-order valence-electron chi connectivity index (χ0n) is 22.1. The molecule has 0 saturated heterocycles. The maximum Gasteiger partial charge on any atom is 0.254 e. The van der Waals surface area contributed by atoms with Crippen LogP contribution in [0.2, 0.25) is 10.0 Å². The molecule has 0 fully saturated rings. The summed E-state index contributed by atoms with van der Waals surface area (Å²) in [5.74, 6) is -1.12. The van der Waals surface area contributed by atoms with Crippen molar-refractivity contribution in [2.45, 2.75) is 38.1 Å². The number of carbonyl (C=O) groups is 2. The lowest BCUT2D eigenvalue weighted by molar-refractivity contribution is 0.0841. The van der Waals surface area contributed by atoms with E-state index in [1.165, 1.54) is 18.2 Å². The molecule has 0 bridgehead atoms. The molecule has 1 atom stereocenters. The number of unbranched alkanes of at least 4 members (excludes halogenated alkanes) is 1. The molecule has 0 aliphatic heterocycles. The second-order valence-corrected chi connectivity index (χ2v) is 10.1. The van der Waals surface area contributed by atoms with Gasteiger partial charge in [0.15, 0.2) is 0 Å². The molecule has 4 rings (SSSR count). The van der Waals surface area contributed by atoms with E-state index in [1.807, 2.05) is 36.4 Å². The van der Waals surface area contributed by atoms with Gasteiger partial charge in [-0.25, -0.2) is 4.39 Å². The average Bonchev–Trinajstić information content (AvgIpc) is 3.43. The van der Waals surface area contributed by atoms with Crippen molar-refractivity contribution >= 4 is 34.9 Å². The van der Waals surface area contributed by atoms with Crippen molar-refractivity contribution in [2.24, 2.45) is 5.73 Å². The Bertz CT molecular complexity index is 1480. The Hall–Kier alpha value is -3.79. The number of amides is 1. The molecular weight excluding hydrogens is 570 g/mol. The highest BCUT2D eigenvalue weighted by Gasteiger charge is 2.27. The molecule has 1 heterocycles. The van der Waals surface area contributed by atoms with Crippen LogP contribution < -0.4 is 15.8 Å². The third-order valence-electron chi connectivity index (χ3n) is 6.30. The van der Waals surface area contributed by atoms with Gasteiger partial charge in [-0.2, -0.15) is 4.98 Å². The highest BCUT2D eigenvalue weighted by Crippen LogP contribution is 2.23. The van der Waals surface area contributed by atoms with Gasteiger partial charge < -0.3 is 20.3 Å². The monoisotopic (exact) mass is 598 g/mol. The van der Waals surface area contributed by atoms with Crippen LogP contribution in [0.3, 0.4) is 0 Å². The van der Waals surface area contributed by atoms with Gasteiger partial charge in [0, 0.05) is 6.42 Å². The third-order valence-corrected chi connectivity index (χ3v) is 7.04. The number of carbonyl (C=O) groups excluding carboxylic acids is 2. The van der Waals surface area contributed by atoms with Gasteiger partial charge in [-0.05, 0) is 73.3 Å². The second kappa shape index (κ2) is 14.7. The molecule has 11 heteroatoms. The van der Waals surface area contributed by atoms with Gasteiger partial charge in [0.25, 0.3) is 5.91 Å². The summed E-state index contributed by atoms with van der Waals surface area (Å²) in [7, 11) is 0. The Morgan fingerprint density at radius 3 is 2.49 bits per heavy atom. The summed E-state index contributed by atoms with van der Waals surface area (Å²) in [6.45, 7) is 0.905. The maximum atomic E-state index is 14.1. The van der Waals surface area contributed by atoms with Crippen molar-refractivity contribution in [3.8, 4) is 5.75 Å². The zero-order valence-corrected chi connectivity index (χ0v) is 23.6. The Labute approximate surface area is 247 Å². The smallest absolute Gasteiger partial charge is 0.254 e. The van der Waals surface area contributed by atoms with Gasteiger partial charge >= 0.3 is 0 Å². The number of Topliss-reactive ketones (excluding diaryl/α,β-unsaturated/α-hetero) is 1. The van der Waals surface area contributed by atoms with E-state index in [0.29, 0.717) is 61.1 Å². The van der Waals surface area contributed by atoms with Crippen molar-refractivity contribution in [3.63, 3.8) is 0 Å². The molecular formula is C30H29Cl2FN4O4. The van der Waals surface area contributed by atoms with Gasteiger partial charge in [-0.1, -0.05) is 58.7 Å². The maximum absolute atomic E-state index is 14.1. The van der Waals surface area contributed by atoms with Crippen LogP contribution in [0.1, 0.15) is 57.3 Å². The molecule has 0 radical (unpaired) electrons. The first-order chi connectivity index (χ1) is 19.8. The molecule has 8 nitrogen and oxygen atoms in total. The number of nitrogens with one attached hydrogen (secondary N) is 1. The molecule has 3 N–H and O–H groups in total. The second-order valence-electron chi connectivity index (χ2n) is 9.33. The van der Waals surface area contributed by atoms with Crippen LogP contribution in [-0.4, -0.2) is 41.0 Å². The highest BCUT2D eigenvalue weighted by molar-refractivity contribution is 6.42. The molecule has 0 spiro atoms. The van der Waals surface area contributed by atoms with E-state index in [2.05, 4.69) is 15.5 Å². The summed E-state index contributed by atoms with van der Waals surface area (Å²) >= 11 is 12.0. The van der Waals surface area contributed by atoms with E-state index in [1.54, 1.807) is 12.1 Å². The largest absolute Gasteiger partial charge is 0.493 e. The molecule has 214 valence electrons. The van der Waals surface area contributed by atoms with Crippen molar-refractivity contribution in [1.29, 1.82) is 0 Å². The lowest BCUT2D eigenvalue weighted by Crippen LogP contribution is -2.41. The standard InChI is InChI=1S/C30H29Cl2FN4O4/c31-23-13-10-20(17-24(23)32)14-16-40-21-11-8-19(9-12-21)18-27-36-29(37-41-27)28(38)26(7-3-4-15-34)35-30(39)22-5-1-2-6-25(22)33/h1-2,5-6,8-13,17,26H,3-4,7,14-16,18,34H2,(H,35,39)/t26-/m0/s1. The van der Waals surface area contributed by atoms with E-state index >= 15 is 0 Å². The molecule has 0 aliphatic rings. The van der Waals surface area contributed by atoms with Crippen LogP contribution in [0.15, 0.2) is 71.3 Å². The minimum Gasteiger partial charge on any atom is -0.493 e. The fourth-order valence-corrected chi connectivity index (χ4v) is 4.41. The fourth-order valence-electron chi connectivity index (χ4n) is 4.09. The molecule has 0 aliphatic carbocycles. The summed E-state index contributed by atoms with van der Waals surface area (Å²) in [6, 6.07) is 17.5. The number of nitrogens with zero attached hydrogens (tertiary/aromatic N) is 2. The average molecular weight is 599 g/mol. The number of hydrogen-bond donors (Lipinski definition) is 2. The van der Waals surface area contributed by atoms with Gasteiger partial charge in [0.05, 0.1) is 34.7 Å². The first-order valence-electron chi connectivity index (χ1n) is 13.1. The fraction of sp³-hybridized carbons (Fsp3) is 0.267. The first kappa shape index (κ1) is 30.2. The molecule has 41 heavy (non-hydrogen) atoms. The van der Waals surface area contributed by atoms with Crippen LogP contribution in [0.4, 0.5) is 4.39 Å². The predicted molar refractivity (Wildman–Crippen MR) is 154 cm³/mol. The quantitative estimate of drug-likeness (QED) is 0.138. The summed E-state index contributed by atoms with van der Waals surface area (Å²) in [5, 5.41) is 7.46. The Balaban J connectivity index is 1.34. The molecule has 1 amide bonds. The number of benzene rings is 3. The van der Waals surface area contributed by atoms with E-state index < -0.39 is 23.5 Å². The van der Waals surface area contributed by atoms with Crippen LogP contribution in [0.25, 0.3) is 0 Å². The van der Waals surface area contributed by atoms with Gasteiger partial charge in [-0.3, -0.25) is 9.59 Å². The van der Waals surface area contributed by atoms with E-state index in [0.717, 1.165) is 11.1 Å². The number of hydrogen-bond acceptors (Lipinski definition) is 7. The summed E-state index contributed by atoms with van der Waals surface area (Å²) < 4.78 is 25.2. The predicted octanol–water partition coefficient (Wildman–Crippen LogP) is 5.84. The number of ether oxygens (including phenoxy) is 1. The Kier molecular flexibility index (Phi) is 10.8. The van der Waals surface area contributed by atoms with E-state index in [4.69, 9.17) is 38.2 Å². The SMILES string of the molecule is NCCCC[C@H](NC(=O)c1ccccc1F)C(=O)c1noc(Cc2ccc(OCCc3ccc(Cl)c(Cl)c3)cc2)n1. The molecule has 3 aromatic carbocycles. The topological polar surface area (TPSA) is 120 Å². The van der Waals surface area contributed by atoms with Gasteiger partial charge in [0.2, 0.25) is 17.5 Å². The van der Waals surface area contributed by atoms with Crippen molar-refractivity contribution < 1.29 is 23.2 Å². The molecule has 0 unspecified atom stereocenters. The summed E-state index contributed by atoms with van der Waals surface area (Å²) in [6.07, 6.45) is 2.50. The minimum atomic E-state index is -0.959. The molecule has 4 aromatic rings. The van der Waals surface area contributed by atoms with E-state index in [9.17, 15) is 14.0 Å². The number of halogens is 3. The van der Waals surface area contributed by atoms with Gasteiger partial charge in [-0.15, -0.1) is 0 Å². The number of nitrogens with two attached hydrogens (primary N) is 1. The molecule has 1 aromatic heterocycles. The van der Waals surface area contributed by atoms with Crippen LogP contribution in [0.5, 0.6) is 5.75 Å². The van der Waals surface area contributed by atoms with Gasteiger partial charge in [0.1, 0.15) is 11.6 Å². The Morgan fingerprint density at radius 2 is 1.76 bits per heavy atom. The summed E-state index contributed by atoms with van der Waals surface area (Å²) in [5.41, 5.74) is 7.32. The Morgan fingerprint density at radius 1 is 1.00 bits per heavy atom. The third kappa shape index (κ3) is 8.60. The van der Waals surface area contributed by atoms with Crippen LogP contribution >= 0.6 is 23.2 Å². The lowest BCUT2D eigenvalue weighted by Gasteiger charge is -2.16. The first-order valence-corrected chi connectivity index (χ1v) is 13.9. The zero-order chi connectivity index (χ0) is 29.2. The number of aromatic nitrogens is 2. The number of rotatable bonds is 14. The molecule has 0 saturated carbocycles. The van der Waals surface area contributed by atoms with Crippen molar-refractivity contribution in [2.75, 3.05) is 13.2 Å². The minimum absolute atomic E-state index is 0.153. The van der Waals surface area contributed by atoms with Crippen LogP contribution in [0, 0.1) is 5.82 Å².